The van der Waals surface area contributed by atoms with E-state index in [1.807, 2.05) is 6.07 Å². The van der Waals surface area contributed by atoms with Gasteiger partial charge in [0.1, 0.15) is 0 Å². The molecule has 2 nitrogen and oxygen atoms in total. The molecule has 1 aromatic carbocycles. The van der Waals surface area contributed by atoms with Gasteiger partial charge in [-0.25, -0.2) is 0 Å². The smallest absolute Gasteiger partial charge is 0.0633 e. The zero-order valence-electron chi connectivity index (χ0n) is 8.90. The molecule has 0 fully saturated rings. The lowest BCUT2D eigenvalue weighted by molar-refractivity contribution is 0.0668. The van der Waals surface area contributed by atoms with Crippen molar-refractivity contribution in [2.75, 3.05) is 20.8 Å². The highest BCUT2D eigenvalue weighted by Gasteiger charge is 2.07. The summed E-state index contributed by atoms with van der Waals surface area (Å²) in [5, 5.41) is 0. The van der Waals surface area contributed by atoms with Crippen LogP contribution in [0.4, 0.5) is 0 Å². The topological polar surface area (TPSA) is 18.5 Å². The first-order valence-corrected chi connectivity index (χ1v) is 4.92. The third-order valence-corrected chi connectivity index (χ3v) is 2.28. The van der Waals surface area contributed by atoms with Crippen LogP contribution in [0.25, 0.3) is 0 Å². The van der Waals surface area contributed by atoms with Crippen molar-refractivity contribution in [1.29, 1.82) is 0 Å². The summed E-state index contributed by atoms with van der Waals surface area (Å²) in [6, 6.07) is 10.4. The summed E-state index contributed by atoms with van der Waals surface area (Å²) in [5.41, 5.74) is 1.32. The van der Waals surface area contributed by atoms with Crippen LogP contribution in [0, 0.1) is 0 Å². The minimum atomic E-state index is 0.261. The fourth-order valence-electron chi connectivity index (χ4n) is 1.43. The van der Waals surface area contributed by atoms with Crippen LogP contribution in [0.5, 0.6) is 0 Å². The normalized spacial score (nSPS) is 12.7. The van der Waals surface area contributed by atoms with E-state index in [4.69, 9.17) is 9.47 Å². The molecular weight excluding hydrogens is 176 g/mol. The minimum absolute atomic E-state index is 0.261. The lowest BCUT2D eigenvalue weighted by atomic mass is 10.1. The third kappa shape index (κ3) is 3.90. The molecule has 0 saturated carbocycles. The molecule has 0 aliphatic heterocycles. The number of ether oxygens (including phenoxy) is 2. The highest BCUT2D eigenvalue weighted by atomic mass is 16.5. The zero-order valence-corrected chi connectivity index (χ0v) is 8.90. The van der Waals surface area contributed by atoms with Crippen LogP contribution in [0.2, 0.25) is 0 Å². The standard InChI is InChI=1S/C12H18O2/c1-13-9-8-12(14-2)10-11-6-4-3-5-7-11/h3-7,12H,8-10H2,1-2H3. The maximum atomic E-state index is 5.38. The first kappa shape index (κ1) is 11.2. The molecule has 1 rings (SSSR count). The lowest BCUT2D eigenvalue weighted by Gasteiger charge is -2.14. The van der Waals surface area contributed by atoms with E-state index in [1.54, 1.807) is 14.2 Å². The van der Waals surface area contributed by atoms with Crippen molar-refractivity contribution in [3.05, 3.63) is 35.9 Å². The summed E-state index contributed by atoms with van der Waals surface area (Å²) in [5.74, 6) is 0. The van der Waals surface area contributed by atoms with Crippen molar-refractivity contribution in [3.8, 4) is 0 Å². The lowest BCUT2D eigenvalue weighted by Crippen LogP contribution is -2.16. The van der Waals surface area contributed by atoms with Gasteiger partial charge in [-0.05, 0) is 18.4 Å². The predicted molar refractivity (Wildman–Crippen MR) is 57.4 cm³/mol. The van der Waals surface area contributed by atoms with Crippen molar-refractivity contribution in [2.45, 2.75) is 18.9 Å². The van der Waals surface area contributed by atoms with Crippen LogP contribution in [0.3, 0.4) is 0 Å². The molecule has 0 bridgehead atoms. The predicted octanol–water partition coefficient (Wildman–Crippen LogP) is 2.28. The summed E-state index contributed by atoms with van der Waals surface area (Å²) in [6.45, 7) is 0.755. The second kappa shape index (κ2) is 6.57. The van der Waals surface area contributed by atoms with Gasteiger partial charge in [0, 0.05) is 20.8 Å². The second-order valence-electron chi connectivity index (χ2n) is 3.33. The zero-order chi connectivity index (χ0) is 10.2. The van der Waals surface area contributed by atoms with Gasteiger partial charge in [0.15, 0.2) is 0 Å². The van der Waals surface area contributed by atoms with Gasteiger partial charge in [-0.1, -0.05) is 30.3 Å². The first-order chi connectivity index (χ1) is 6.86. The van der Waals surface area contributed by atoms with Crippen molar-refractivity contribution >= 4 is 0 Å². The summed E-state index contributed by atoms with van der Waals surface area (Å²) in [6.07, 6.45) is 2.17. The third-order valence-electron chi connectivity index (χ3n) is 2.28. The SMILES string of the molecule is COCCC(Cc1ccccc1)OC. The van der Waals surface area contributed by atoms with E-state index in [-0.39, 0.29) is 6.10 Å². The molecule has 0 heterocycles. The molecule has 0 aliphatic carbocycles. The van der Waals surface area contributed by atoms with Crippen molar-refractivity contribution < 1.29 is 9.47 Å². The highest BCUT2D eigenvalue weighted by molar-refractivity contribution is 5.15. The van der Waals surface area contributed by atoms with E-state index in [0.29, 0.717) is 0 Å². The molecule has 1 unspecified atom stereocenters. The Morgan fingerprint density at radius 3 is 2.43 bits per heavy atom. The van der Waals surface area contributed by atoms with E-state index in [1.165, 1.54) is 5.56 Å². The molecule has 14 heavy (non-hydrogen) atoms. The monoisotopic (exact) mass is 194 g/mol. The van der Waals surface area contributed by atoms with E-state index >= 15 is 0 Å². The summed E-state index contributed by atoms with van der Waals surface area (Å²) in [7, 11) is 3.47. The molecular formula is C12H18O2. The van der Waals surface area contributed by atoms with Crippen molar-refractivity contribution in [1.82, 2.24) is 0 Å². The van der Waals surface area contributed by atoms with Crippen LogP contribution < -0.4 is 0 Å². The first-order valence-electron chi connectivity index (χ1n) is 4.92. The Morgan fingerprint density at radius 2 is 1.86 bits per heavy atom. The highest BCUT2D eigenvalue weighted by Crippen LogP contribution is 2.08. The largest absolute Gasteiger partial charge is 0.385 e. The van der Waals surface area contributed by atoms with Crippen LogP contribution >= 0.6 is 0 Å². The number of rotatable bonds is 6. The molecule has 0 N–H and O–H groups in total. The van der Waals surface area contributed by atoms with E-state index in [0.717, 1.165) is 19.4 Å². The molecule has 0 saturated heterocycles. The Balaban J connectivity index is 2.40. The average Bonchev–Trinajstić information content (AvgIpc) is 2.25. The average molecular weight is 194 g/mol. The summed E-state index contributed by atoms with van der Waals surface area (Å²) >= 11 is 0. The van der Waals surface area contributed by atoms with Gasteiger partial charge in [0.2, 0.25) is 0 Å². The number of benzene rings is 1. The van der Waals surface area contributed by atoms with Crippen LogP contribution in [0.15, 0.2) is 30.3 Å². The summed E-state index contributed by atoms with van der Waals surface area (Å²) in [4.78, 5) is 0. The molecule has 1 atom stereocenters. The number of methoxy groups -OCH3 is 2. The molecule has 0 aromatic heterocycles. The van der Waals surface area contributed by atoms with Gasteiger partial charge in [0.25, 0.3) is 0 Å². The molecule has 0 aliphatic rings. The molecule has 0 amide bonds. The Labute approximate surface area is 85.8 Å². The van der Waals surface area contributed by atoms with Crippen LogP contribution in [-0.4, -0.2) is 26.9 Å². The molecule has 78 valence electrons. The number of hydrogen-bond donors (Lipinski definition) is 0. The Bertz CT molecular complexity index is 233. The van der Waals surface area contributed by atoms with E-state index in [2.05, 4.69) is 24.3 Å². The summed E-state index contributed by atoms with van der Waals surface area (Å²) < 4.78 is 10.4. The molecule has 2 heteroatoms. The van der Waals surface area contributed by atoms with Crippen LogP contribution in [0.1, 0.15) is 12.0 Å². The van der Waals surface area contributed by atoms with Gasteiger partial charge in [-0.2, -0.15) is 0 Å². The van der Waals surface area contributed by atoms with Gasteiger partial charge in [-0.3, -0.25) is 0 Å². The maximum Gasteiger partial charge on any atom is 0.0633 e. The second-order valence-corrected chi connectivity index (χ2v) is 3.33. The molecule has 0 radical (unpaired) electrons. The van der Waals surface area contributed by atoms with Gasteiger partial charge >= 0.3 is 0 Å². The molecule has 1 aromatic rings. The number of hydrogen-bond acceptors (Lipinski definition) is 2. The van der Waals surface area contributed by atoms with Gasteiger partial charge in [-0.15, -0.1) is 0 Å². The fraction of sp³-hybridized carbons (Fsp3) is 0.500. The Morgan fingerprint density at radius 1 is 1.14 bits per heavy atom. The Hall–Kier alpha value is -0.860. The molecule has 0 spiro atoms. The Kier molecular flexibility index (Phi) is 5.27. The van der Waals surface area contributed by atoms with E-state index in [9.17, 15) is 0 Å². The van der Waals surface area contributed by atoms with Crippen molar-refractivity contribution in [3.63, 3.8) is 0 Å². The van der Waals surface area contributed by atoms with Gasteiger partial charge < -0.3 is 9.47 Å². The maximum absolute atomic E-state index is 5.38. The van der Waals surface area contributed by atoms with Gasteiger partial charge in [0.05, 0.1) is 6.10 Å². The minimum Gasteiger partial charge on any atom is -0.385 e. The quantitative estimate of drug-likeness (QED) is 0.691. The fourth-order valence-corrected chi connectivity index (χ4v) is 1.43. The van der Waals surface area contributed by atoms with Crippen LogP contribution in [-0.2, 0) is 15.9 Å². The van der Waals surface area contributed by atoms with Crippen molar-refractivity contribution in [2.24, 2.45) is 0 Å². The van der Waals surface area contributed by atoms with E-state index < -0.39 is 0 Å².